The van der Waals surface area contributed by atoms with E-state index in [2.05, 4.69) is 10.4 Å². The number of carboxylic acid groups (broad SMARTS) is 1. The molecule has 1 aliphatic carbocycles. The zero-order chi connectivity index (χ0) is 17.3. The highest BCUT2D eigenvalue weighted by atomic mass is 19.1. The Labute approximate surface area is 138 Å². The van der Waals surface area contributed by atoms with Gasteiger partial charge >= 0.3 is 5.97 Å². The van der Waals surface area contributed by atoms with Gasteiger partial charge in [-0.05, 0) is 43.5 Å². The van der Waals surface area contributed by atoms with Gasteiger partial charge in [-0.2, -0.15) is 5.10 Å². The molecule has 0 radical (unpaired) electrons. The van der Waals surface area contributed by atoms with Gasteiger partial charge in [0.15, 0.2) is 0 Å². The quantitative estimate of drug-likeness (QED) is 0.851. The molecule has 0 bridgehead atoms. The molecule has 0 aliphatic heterocycles. The lowest BCUT2D eigenvalue weighted by Crippen LogP contribution is -2.41. The van der Waals surface area contributed by atoms with E-state index in [0.717, 1.165) is 12.8 Å². The lowest BCUT2D eigenvalue weighted by molar-refractivity contribution is -0.139. The number of amides is 1. The summed E-state index contributed by atoms with van der Waals surface area (Å²) in [5.74, 6) is -1.46. The molecule has 1 atom stereocenters. The monoisotopic (exact) mass is 331 g/mol. The first-order chi connectivity index (χ1) is 11.5. The Morgan fingerprint density at radius 3 is 2.62 bits per heavy atom. The second-order valence-electron chi connectivity index (χ2n) is 6.08. The van der Waals surface area contributed by atoms with E-state index in [9.17, 15) is 19.1 Å². The minimum absolute atomic E-state index is 0.307. The third-order valence-electron chi connectivity index (χ3n) is 4.19. The molecule has 1 aliphatic rings. The van der Waals surface area contributed by atoms with Crippen molar-refractivity contribution < 1.29 is 19.1 Å². The van der Waals surface area contributed by atoms with Crippen molar-refractivity contribution in [2.75, 3.05) is 0 Å². The molecule has 1 fully saturated rings. The number of carboxylic acids is 1. The number of nitrogens with zero attached hydrogens (tertiary/aromatic N) is 2. The van der Waals surface area contributed by atoms with Crippen LogP contribution in [0.2, 0.25) is 0 Å². The second kappa shape index (κ2) is 6.43. The Hall–Kier alpha value is -2.70. The topological polar surface area (TPSA) is 84.2 Å². The number of benzene rings is 1. The molecule has 0 saturated heterocycles. The summed E-state index contributed by atoms with van der Waals surface area (Å²) < 4.78 is 14.5. The summed E-state index contributed by atoms with van der Waals surface area (Å²) in [5, 5.41) is 16.0. The third kappa shape index (κ3) is 3.45. The molecular weight excluding hydrogens is 313 g/mol. The van der Waals surface area contributed by atoms with Crippen LogP contribution in [0.15, 0.2) is 30.5 Å². The lowest BCUT2D eigenvalue weighted by Gasteiger charge is -2.14. The van der Waals surface area contributed by atoms with E-state index in [1.54, 1.807) is 19.1 Å². The van der Waals surface area contributed by atoms with Crippen molar-refractivity contribution in [3.05, 3.63) is 47.5 Å². The van der Waals surface area contributed by atoms with Gasteiger partial charge in [-0.25, -0.2) is 13.9 Å². The smallest absolute Gasteiger partial charge is 0.326 e. The van der Waals surface area contributed by atoms with Gasteiger partial charge in [0.2, 0.25) is 0 Å². The van der Waals surface area contributed by atoms with Crippen molar-refractivity contribution in [1.29, 1.82) is 0 Å². The predicted octanol–water partition coefficient (Wildman–Crippen LogP) is 2.30. The van der Waals surface area contributed by atoms with Gasteiger partial charge in [0.05, 0.1) is 23.1 Å². The minimum Gasteiger partial charge on any atom is -0.480 e. The summed E-state index contributed by atoms with van der Waals surface area (Å²) in [6.07, 6.45) is 3.87. The molecule has 24 heavy (non-hydrogen) atoms. The molecule has 0 spiro atoms. The number of hydrogen-bond acceptors (Lipinski definition) is 3. The minimum atomic E-state index is -1.03. The summed E-state index contributed by atoms with van der Waals surface area (Å²) in [5.41, 5.74) is 1.50. The maximum absolute atomic E-state index is 13.0. The van der Waals surface area contributed by atoms with Crippen molar-refractivity contribution in [2.45, 2.75) is 32.2 Å². The number of nitrogens with one attached hydrogen (secondary N) is 1. The van der Waals surface area contributed by atoms with E-state index in [4.69, 9.17) is 0 Å². The average molecular weight is 331 g/mol. The normalized spacial score (nSPS) is 15.1. The Kier molecular flexibility index (Phi) is 4.33. The summed E-state index contributed by atoms with van der Waals surface area (Å²) in [4.78, 5) is 23.7. The molecule has 3 rings (SSSR count). The molecule has 1 amide bonds. The molecule has 126 valence electrons. The molecule has 2 N–H and O–H groups in total. The standard InChI is InChI=1S/C17H18FN3O3/c1-10-14(9-19-21(10)13-6-4-12(18)5-7-13)16(22)20-15(17(23)24)8-11-2-3-11/h4-7,9,11,15H,2-3,8H2,1H3,(H,20,22)(H,23,24). The zero-order valence-corrected chi connectivity index (χ0v) is 13.2. The number of rotatable bonds is 6. The maximum Gasteiger partial charge on any atom is 0.326 e. The molecular formula is C17H18FN3O3. The SMILES string of the molecule is Cc1c(C(=O)NC(CC2CC2)C(=O)O)cnn1-c1ccc(F)cc1. The van der Waals surface area contributed by atoms with E-state index in [0.29, 0.717) is 29.3 Å². The van der Waals surface area contributed by atoms with E-state index in [1.165, 1.54) is 23.0 Å². The molecule has 2 aromatic rings. The van der Waals surface area contributed by atoms with Crippen molar-refractivity contribution in [2.24, 2.45) is 5.92 Å². The molecule has 7 heteroatoms. The van der Waals surface area contributed by atoms with Gasteiger partial charge < -0.3 is 10.4 Å². The number of aliphatic carboxylic acids is 1. The van der Waals surface area contributed by atoms with Crippen LogP contribution in [0, 0.1) is 18.7 Å². The first kappa shape index (κ1) is 16.2. The van der Waals surface area contributed by atoms with Crippen LogP contribution >= 0.6 is 0 Å². The molecule has 1 aromatic carbocycles. The number of carbonyl (C=O) groups excluding carboxylic acids is 1. The van der Waals surface area contributed by atoms with Crippen LogP contribution in [-0.4, -0.2) is 32.8 Å². The van der Waals surface area contributed by atoms with Gasteiger partial charge in [0.25, 0.3) is 5.91 Å². The molecule has 6 nitrogen and oxygen atoms in total. The summed E-state index contributed by atoms with van der Waals surface area (Å²) in [6.45, 7) is 1.71. The van der Waals surface area contributed by atoms with E-state index >= 15 is 0 Å². The highest BCUT2D eigenvalue weighted by Crippen LogP contribution is 2.33. The fourth-order valence-corrected chi connectivity index (χ4v) is 2.62. The van der Waals surface area contributed by atoms with E-state index in [-0.39, 0.29) is 5.82 Å². The first-order valence-electron chi connectivity index (χ1n) is 7.80. The molecule has 1 heterocycles. The second-order valence-corrected chi connectivity index (χ2v) is 6.08. The van der Waals surface area contributed by atoms with Crippen molar-refractivity contribution in [3.8, 4) is 5.69 Å². The Bertz CT molecular complexity index is 766. The Morgan fingerprint density at radius 2 is 2.04 bits per heavy atom. The van der Waals surface area contributed by atoms with Gasteiger partial charge in [0, 0.05) is 0 Å². The maximum atomic E-state index is 13.0. The highest BCUT2D eigenvalue weighted by Gasteiger charge is 2.31. The van der Waals surface area contributed by atoms with Crippen LogP contribution in [0.25, 0.3) is 5.69 Å². The van der Waals surface area contributed by atoms with Gasteiger partial charge in [-0.3, -0.25) is 4.79 Å². The summed E-state index contributed by atoms with van der Waals surface area (Å²) in [6, 6.07) is 4.85. The molecule has 1 saturated carbocycles. The summed E-state index contributed by atoms with van der Waals surface area (Å²) in [7, 11) is 0. The lowest BCUT2D eigenvalue weighted by atomic mass is 10.1. The Morgan fingerprint density at radius 1 is 1.38 bits per heavy atom. The number of halogens is 1. The average Bonchev–Trinajstić information content (AvgIpc) is 3.28. The van der Waals surface area contributed by atoms with Crippen molar-refractivity contribution in [1.82, 2.24) is 15.1 Å². The zero-order valence-electron chi connectivity index (χ0n) is 13.2. The first-order valence-corrected chi connectivity index (χ1v) is 7.80. The highest BCUT2D eigenvalue weighted by molar-refractivity contribution is 5.97. The van der Waals surface area contributed by atoms with Crippen molar-refractivity contribution >= 4 is 11.9 Å². The van der Waals surface area contributed by atoms with Crippen LogP contribution in [0.4, 0.5) is 4.39 Å². The largest absolute Gasteiger partial charge is 0.480 e. The van der Waals surface area contributed by atoms with Crippen LogP contribution in [0.5, 0.6) is 0 Å². The molecule has 1 unspecified atom stereocenters. The van der Waals surface area contributed by atoms with Crippen molar-refractivity contribution in [3.63, 3.8) is 0 Å². The summed E-state index contributed by atoms with van der Waals surface area (Å²) >= 11 is 0. The fourth-order valence-electron chi connectivity index (χ4n) is 2.62. The predicted molar refractivity (Wildman–Crippen MR) is 84.5 cm³/mol. The van der Waals surface area contributed by atoms with E-state index < -0.39 is 17.9 Å². The number of aromatic nitrogens is 2. The van der Waals surface area contributed by atoms with E-state index in [1.807, 2.05) is 0 Å². The number of carbonyl (C=O) groups is 2. The van der Waals surface area contributed by atoms with Gasteiger partial charge in [-0.1, -0.05) is 12.8 Å². The number of hydrogen-bond donors (Lipinski definition) is 2. The fraction of sp³-hybridized carbons (Fsp3) is 0.353. The van der Waals surface area contributed by atoms with Crippen LogP contribution in [0.1, 0.15) is 35.3 Å². The van der Waals surface area contributed by atoms with Gasteiger partial charge in [0.1, 0.15) is 11.9 Å². The molecule has 1 aromatic heterocycles. The Balaban J connectivity index is 1.77. The third-order valence-corrected chi connectivity index (χ3v) is 4.19. The van der Waals surface area contributed by atoms with Gasteiger partial charge in [-0.15, -0.1) is 0 Å². The van der Waals surface area contributed by atoms with Crippen LogP contribution in [0.3, 0.4) is 0 Å². The van der Waals surface area contributed by atoms with Crippen LogP contribution < -0.4 is 5.32 Å². The van der Waals surface area contributed by atoms with Crippen LogP contribution in [-0.2, 0) is 4.79 Å².